The summed E-state index contributed by atoms with van der Waals surface area (Å²) in [6, 6.07) is 56.4. The van der Waals surface area contributed by atoms with Crippen molar-refractivity contribution >= 4 is 65.4 Å². The fourth-order valence-electron chi connectivity index (χ4n) is 7.54. The van der Waals surface area contributed by atoms with E-state index in [0.29, 0.717) is 17.5 Å². The smallest absolute Gasteiger partial charge is 0.164 e. The number of hydrogen-bond donors (Lipinski definition) is 0. The number of rotatable bonds is 4. The van der Waals surface area contributed by atoms with E-state index in [1.807, 2.05) is 48.5 Å². The first-order valence-electron chi connectivity index (χ1n) is 17.3. The first-order valence-corrected chi connectivity index (χ1v) is 17.3. The lowest BCUT2D eigenvalue weighted by Gasteiger charge is -2.12. The Kier molecular flexibility index (Phi) is 6.18. The fourth-order valence-corrected chi connectivity index (χ4v) is 7.54. The van der Waals surface area contributed by atoms with Gasteiger partial charge in [0.1, 0.15) is 22.3 Å². The number of hydrogen-bond acceptors (Lipinski definition) is 5. The number of benzene rings is 8. The Hall–Kier alpha value is -7.11. The molecule has 0 atom stereocenters. The summed E-state index contributed by atoms with van der Waals surface area (Å²) in [6.07, 6.45) is 0. The van der Waals surface area contributed by atoms with Gasteiger partial charge < -0.3 is 8.83 Å². The molecule has 8 aromatic carbocycles. The van der Waals surface area contributed by atoms with E-state index in [-0.39, 0.29) is 0 Å². The molecule has 0 amide bonds. The molecule has 11 rings (SSSR count). The molecule has 0 fully saturated rings. The molecule has 0 aliphatic heterocycles. The van der Waals surface area contributed by atoms with Crippen LogP contribution in [0.3, 0.4) is 0 Å². The average molecular weight is 666 g/mol. The largest absolute Gasteiger partial charge is 0.456 e. The monoisotopic (exact) mass is 665 g/mol. The molecule has 5 heteroatoms. The van der Waals surface area contributed by atoms with Gasteiger partial charge in [-0.15, -0.1) is 0 Å². The lowest BCUT2D eigenvalue weighted by molar-refractivity contribution is 0.669. The molecule has 0 saturated carbocycles. The normalized spacial score (nSPS) is 11.8. The van der Waals surface area contributed by atoms with Crippen molar-refractivity contribution in [3.05, 3.63) is 164 Å². The third kappa shape index (κ3) is 4.53. The standard InChI is InChI=1S/C47H27N3O2/c1-2-10-28(11-3-1)31-19-20-32-26-39(43-36-15-7-9-17-41(36)52-44(43)37(32)25-31)47-49-45(33-21-18-29-12-4-5-13-30(29)24-33)48-46(50-47)34-22-23-42-38(27-34)35-14-6-8-16-40(35)51-42/h1-27H. The minimum Gasteiger partial charge on any atom is -0.456 e. The van der Waals surface area contributed by atoms with E-state index in [4.69, 9.17) is 23.8 Å². The van der Waals surface area contributed by atoms with Crippen molar-refractivity contribution in [2.45, 2.75) is 0 Å². The van der Waals surface area contributed by atoms with Gasteiger partial charge in [0, 0.05) is 43.6 Å². The van der Waals surface area contributed by atoms with Crippen LogP contribution in [0, 0.1) is 0 Å². The van der Waals surface area contributed by atoms with Crippen molar-refractivity contribution in [3.63, 3.8) is 0 Å². The van der Waals surface area contributed by atoms with Gasteiger partial charge in [0.2, 0.25) is 0 Å². The Bertz CT molecular complexity index is 3190. The van der Waals surface area contributed by atoms with Crippen LogP contribution in [0.4, 0.5) is 0 Å². The lowest BCUT2D eigenvalue weighted by Crippen LogP contribution is -2.00. The number of aromatic nitrogens is 3. The molecule has 52 heavy (non-hydrogen) atoms. The Morgan fingerprint density at radius 2 is 0.923 bits per heavy atom. The number of para-hydroxylation sites is 2. The summed E-state index contributed by atoms with van der Waals surface area (Å²) in [7, 11) is 0. The summed E-state index contributed by atoms with van der Waals surface area (Å²) in [6.45, 7) is 0. The van der Waals surface area contributed by atoms with Gasteiger partial charge in [0.15, 0.2) is 17.5 Å². The third-order valence-corrected chi connectivity index (χ3v) is 10.1. The van der Waals surface area contributed by atoms with Gasteiger partial charge in [0.05, 0.1) is 0 Å². The molecular formula is C47H27N3O2. The second-order valence-corrected chi connectivity index (χ2v) is 13.2. The molecular weight excluding hydrogens is 639 g/mol. The Morgan fingerprint density at radius 3 is 1.77 bits per heavy atom. The Labute approximate surface area is 297 Å². The van der Waals surface area contributed by atoms with E-state index in [1.54, 1.807) is 0 Å². The number of nitrogens with zero attached hydrogens (tertiary/aromatic N) is 3. The average Bonchev–Trinajstić information content (AvgIpc) is 3.79. The zero-order valence-corrected chi connectivity index (χ0v) is 27.7. The van der Waals surface area contributed by atoms with Crippen LogP contribution in [0.25, 0.3) is 111 Å². The van der Waals surface area contributed by atoms with Gasteiger partial charge in [-0.3, -0.25) is 0 Å². The van der Waals surface area contributed by atoms with Crippen LogP contribution in [0.1, 0.15) is 0 Å². The van der Waals surface area contributed by atoms with Gasteiger partial charge in [-0.2, -0.15) is 0 Å². The maximum absolute atomic E-state index is 6.70. The van der Waals surface area contributed by atoms with Crippen molar-refractivity contribution in [3.8, 4) is 45.3 Å². The Balaban J connectivity index is 1.19. The molecule has 0 radical (unpaired) electrons. The number of furan rings is 2. The first-order chi connectivity index (χ1) is 25.7. The molecule has 11 aromatic rings. The highest BCUT2D eigenvalue weighted by Crippen LogP contribution is 2.42. The Morgan fingerprint density at radius 1 is 0.327 bits per heavy atom. The summed E-state index contributed by atoms with van der Waals surface area (Å²) in [5.41, 5.74) is 8.28. The van der Waals surface area contributed by atoms with Crippen LogP contribution in [-0.2, 0) is 0 Å². The summed E-state index contributed by atoms with van der Waals surface area (Å²) >= 11 is 0. The minimum absolute atomic E-state index is 0.580. The maximum atomic E-state index is 6.70. The zero-order chi connectivity index (χ0) is 34.2. The molecule has 0 unspecified atom stereocenters. The third-order valence-electron chi connectivity index (χ3n) is 10.1. The molecule has 3 heterocycles. The molecule has 0 N–H and O–H groups in total. The predicted octanol–water partition coefficient (Wildman–Crippen LogP) is 12.6. The zero-order valence-electron chi connectivity index (χ0n) is 27.7. The van der Waals surface area contributed by atoms with Crippen LogP contribution in [0.2, 0.25) is 0 Å². The maximum Gasteiger partial charge on any atom is 0.164 e. The van der Waals surface area contributed by atoms with E-state index in [1.165, 1.54) is 0 Å². The lowest BCUT2D eigenvalue weighted by atomic mass is 9.96. The summed E-state index contributed by atoms with van der Waals surface area (Å²) < 4.78 is 12.9. The topological polar surface area (TPSA) is 65.0 Å². The van der Waals surface area contributed by atoms with Crippen molar-refractivity contribution in [2.75, 3.05) is 0 Å². The molecule has 5 nitrogen and oxygen atoms in total. The molecule has 0 spiro atoms. The van der Waals surface area contributed by atoms with Crippen molar-refractivity contribution < 1.29 is 8.83 Å². The minimum atomic E-state index is 0.580. The highest BCUT2D eigenvalue weighted by Gasteiger charge is 2.21. The predicted molar refractivity (Wildman–Crippen MR) is 211 cm³/mol. The number of fused-ring (bicyclic) bond motifs is 9. The van der Waals surface area contributed by atoms with Crippen LogP contribution in [0.15, 0.2) is 173 Å². The highest BCUT2D eigenvalue weighted by atomic mass is 16.3. The second kappa shape index (κ2) is 11.2. The van der Waals surface area contributed by atoms with E-state index >= 15 is 0 Å². The van der Waals surface area contributed by atoms with Gasteiger partial charge in [-0.1, -0.05) is 115 Å². The second-order valence-electron chi connectivity index (χ2n) is 13.2. The van der Waals surface area contributed by atoms with E-state index in [2.05, 4.69) is 115 Å². The van der Waals surface area contributed by atoms with Crippen molar-refractivity contribution in [2.24, 2.45) is 0 Å². The van der Waals surface area contributed by atoms with Crippen LogP contribution < -0.4 is 0 Å². The van der Waals surface area contributed by atoms with E-state index in [0.717, 1.165) is 93.2 Å². The molecule has 0 bridgehead atoms. The van der Waals surface area contributed by atoms with Gasteiger partial charge in [-0.25, -0.2) is 15.0 Å². The summed E-state index contributed by atoms with van der Waals surface area (Å²) in [5.74, 6) is 1.76. The summed E-state index contributed by atoms with van der Waals surface area (Å²) in [4.78, 5) is 15.6. The van der Waals surface area contributed by atoms with E-state index < -0.39 is 0 Å². The molecule has 0 saturated heterocycles. The van der Waals surface area contributed by atoms with Crippen molar-refractivity contribution in [1.29, 1.82) is 0 Å². The van der Waals surface area contributed by atoms with Crippen LogP contribution >= 0.6 is 0 Å². The van der Waals surface area contributed by atoms with Gasteiger partial charge in [0.25, 0.3) is 0 Å². The van der Waals surface area contributed by atoms with Gasteiger partial charge >= 0.3 is 0 Å². The van der Waals surface area contributed by atoms with E-state index in [9.17, 15) is 0 Å². The van der Waals surface area contributed by atoms with Crippen LogP contribution in [0.5, 0.6) is 0 Å². The molecule has 0 aliphatic carbocycles. The van der Waals surface area contributed by atoms with Crippen molar-refractivity contribution in [1.82, 2.24) is 15.0 Å². The fraction of sp³-hybridized carbons (Fsp3) is 0. The van der Waals surface area contributed by atoms with Crippen LogP contribution in [-0.4, -0.2) is 15.0 Å². The highest BCUT2D eigenvalue weighted by molar-refractivity contribution is 6.21. The molecule has 0 aliphatic rings. The first kappa shape index (κ1) is 28.7. The SMILES string of the molecule is c1ccc(-c2ccc3cc(-c4nc(-c5ccc6ccccc6c5)nc(-c5ccc6oc7ccccc7c6c5)n4)c4c5ccccc5oc4c3c2)cc1. The summed E-state index contributed by atoms with van der Waals surface area (Å²) in [5, 5.41) is 8.43. The quantitative estimate of drug-likeness (QED) is 0.187. The molecule has 242 valence electrons. The molecule has 3 aromatic heterocycles. The van der Waals surface area contributed by atoms with Gasteiger partial charge in [-0.05, 0) is 75.8 Å².